The fourth-order valence-electron chi connectivity index (χ4n) is 1.16. The molecule has 2 rings (SSSR count). The zero-order valence-electron chi connectivity index (χ0n) is 8.58. The highest BCUT2D eigenvalue weighted by Crippen LogP contribution is 2.28. The van der Waals surface area contributed by atoms with Gasteiger partial charge in [0, 0.05) is 4.47 Å². The van der Waals surface area contributed by atoms with Gasteiger partial charge in [0.1, 0.15) is 4.21 Å². The van der Waals surface area contributed by atoms with Crippen LogP contribution in [0.5, 0.6) is 0 Å². The molecule has 92 valence electrons. The lowest BCUT2D eigenvalue weighted by Gasteiger charge is -2.09. The number of hydrogen-bond donors (Lipinski definition) is 2. The Kier molecular flexibility index (Phi) is 3.56. The number of nitrogens with one attached hydrogen (secondary N) is 2. The Morgan fingerprint density at radius 3 is 2.88 bits per heavy atom. The SMILES string of the molecule is CC(NS(=O)(=O)c1sccc1Br)c1nn[nH]n1. The number of tetrazole rings is 1. The first-order valence-corrected chi connectivity index (χ1v) is 7.65. The number of sulfonamides is 1. The van der Waals surface area contributed by atoms with Gasteiger partial charge in [-0.3, -0.25) is 0 Å². The van der Waals surface area contributed by atoms with Crippen LogP contribution in [0.2, 0.25) is 0 Å². The number of rotatable bonds is 4. The average Bonchev–Trinajstić information content (AvgIpc) is 2.85. The molecular weight excluding hydrogens is 330 g/mol. The Morgan fingerprint density at radius 1 is 1.59 bits per heavy atom. The highest BCUT2D eigenvalue weighted by atomic mass is 79.9. The summed E-state index contributed by atoms with van der Waals surface area (Å²) in [4.78, 5) is 0. The Hall–Kier alpha value is -0.840. The number of H-pyrrole nitrogens is 1. The number of aromatic amines is 1. The lowest BCUT2D eigenvalue weighted by atomic mass is 10.4. The molecule has 0 spiro atoms. The van der Waals surface area contributed by atoms with E-state index in [0.29, 0.717) is 10.3 Å². The monoisotopic (exact) mass is 337 g/mol. The average molecular weight is 338 g/mol. The number of nitrogens with zero attached hydrogens (tertiary/aromatic N) is 3. The number of halogens is 1. The van der Waals surface area contributed by atoms with E-state index in [-0.39, 0.29) is 4.21 Å². The van der Waals surface area contributed by atoms with E-state index in [1.807, 2.05) is 0 Å². The van der Waals surface area contributed by atoms with Gasteiger partial charge in [-0.2, -0.15) is 9.94 Å². The molecule has 10 heteroatoms. The topological polar surface area (TPSA) is 101 Å². The minimum absolute atomic E-state index is 0.229. The van der Waals surface area contributed by atoms with Crippen LogP contribution in [-0.2, 0) is 10.0 Å². The molecule has 0 aliphatic heterocycles. The molecule has 0 saturated heterocycles. The summed E-state index contributed by atoms with van der Waals surface area (Å²) in [6.07, 6.45) is 0. The maximum atomic E-state index is 12.0. The molecule has 0 saturated carbocycles. The van der Waals surface area contributed by atoms with Crippen molar-refractivity contribution < 1.29 is 8.42 Å². The minimum Gasteiger partial charge on any atom is -0.206 e. The summed E-state index contributed by atoms with van der Waals surface area (Å²) in [6.45, 7) is 1.64. The quantitative estimate of drug-likeness (QED) is 0.868. The third-order valence-corrected chi connectivity index (χ3v) is 6.12. The van der Waals surface area contributed by atoms with Gasteiger partial charge < -0.3 is 0 Å². The summed E-state index contributed by atoms with van der Waals surface area (Å²) in [5.74, 6) is 0.293. The third kappa shape index (κ3) is 2.70. The van der Waals surface area contributed by atoms with Crippen LogP contribution in [0.4, 0.5) is 0 Å². The van der Waals surface area contributed by atoms with E-state index in [9.17, 15) is 8.42 Å². The summed E-state index contributed by atoms with van der Waals surface area (Å²) in [7, 11) is -3.57. The molecule has 2 heterocycles. The summed E-state index contributed by atoms with van der Waals surface area (Å²) in [6, 6.07) is 1.13. The fourth-order valence-corrected chi connectivity index (χ4v) is 4.72. The lowest BCUT2D eigenvalue weighted by Crippen LogP contribution is -2.27. The van der Waals surface area contributed by atoms with Crippen molar-refractivity contribution in [2.75, 3.05) is 0 Å². The van der Waals surface area contributed by atoms with Crippen molar-refractivity contribution in [1.29, 1.82) is 0 Å². The molecule has 17 heavy (non-hydrogen) atoms. The lowest BCUT2D eigenvalue weighted by molar-refractivity contribution is 0.561. The first-order chi connectivity index (χ1) is 8.00. The van der Waals surface area contributed by atoms with E-state index in [1.165, 1.54) is 0 Å². The number of aromatic nitrogens is 4. The van der Waals surface area contributed by atoms with Gasteiger partial charge in [-0.1, -0.05) is 5.21 Å². The van der Waals surface area contributed by atoms with Crippen molar-refractivity contribution in [3.05, 3.63) is 21.7 Å². The predicted molar refractivity (Wildman–Crippen MR) is 64.9 cm³/mol. The molecule has 0 aliphatic rings. The third-order valence-electron chi connectivity index (χ3n) is 1.91. The van der Waals surface area contributed by atoms with Crippen LogP contribution >= 0.6 is 27.3 Å². The summed E-state index contributed by atoms with van der Waals surface area (Å²) < 4.78 is 27.2. The molecule has 1 atom stereocenters. The second kappa shape index (κ2) is 4.80. The van der Waals surface area contributed by atoms with Gasteiger partial charge in [-0.25, -0.2) is 8.42 Å². The minimum atomic E-state index is -3.57. The standard InChI is InChI=1S/C7H8BrN5O2S2/c1-4(6-9-12-13-10-6)11-17(14,15)7-5(8)2-3-16-7/h2-4,11H,1H3,(H,9,10,12,13). The maximum Gasteiger partial charge on any atom is 0.251 e. The van der Waals surface area contributed by atoms with Gasteiger partial charge in [0.2, 0.25) is 0 Å². The van der Waals surface area contributed by atoms with Gasteiger partial charge in [0.25, 0.3) is 10.0 Å². The van der Waals surface area contributed by atoms with Gasteiger partial charge in [0.05, 0.1) is 6.04 Å². The zero-order valence-corrected chi connectivity index (χ0v) is 11.8. The Labute approximate surface area is 110 Å². The first-order valence-electron chi connectivity index (χ1n) is 4.49. The maximum absolute atomic E-state index is 12.0. The first kappa shape index (κ1) is 12.6. The number of thiophene rings is 1. The summed E-state index contributed by atoms with van der Waals surface area (Å²) in [5.41, 5.74) is 0. The van der Waals surface area contributed by atoms with Crippen molar-refractivity contribution in [2.24, 2.45) is 0 Å². The predicted octanol–water partition coefficient (Wildman–Crippen LogP) is 1.06. The Bertz CT molecular complexity index is 594. The summed E-state index contributed by atoms with van der Waals surface area (Å²) in [5, 5.41) is 14.8. The summed E-state index contributed by atoms with van der Waals surface area (Å²) >= 11 is 4.32. The van der Waals surface area contributed by atoms with Gasteiger partial charge in [0.15, 0.2) is 5.82 Å². The van der Waals surface area contributed by atoms with Crippen molar-refractivity contribution in [3.63, 3.8) is 0 Å². The van der Waals surface area contributed by atoms with Crippen LogP contribution in [-0.4, -0.2) is 29.0 Å². The van der Waals surface area contributed by atoms with Crippen LogP contribution in [0.3, 0.4) is 0 Å². The normalized spacial score (nSPS) is 13.8. The molecular formula is C7H8BrN5O2S2. The highest BCUT2D eigenvalue weighted by molar-refractivity contribution is 9.10. The van der Waals surface area contributed by atoms with Crippen molar-refractivity contribution >= 4 is 37.3 Å². The van der Waals surface area contributed by atoms with E-state index in [4.69, 9.17) is 0 Å². The van der Waals surface area contributed by atoms with E-state index >= 15 is 0 Å². The van der Waals surface area contributed by atoms with E-state index in [0.717, 1.165) is 11.3 Å². The zero-order chi connectivity index (χ0) is 12.5. The molecule has 2 aromatic heterocycles. The van der Waals surface area contributed by atoms with Crippen LogP contribution in [0, 0.1) is 0 Å². The highest BCUT2D eigenvalue weighted by Gasteiger charge is 2.23. The molecule has 0 radical (unpaired) electrons. The molecule has 2 N–H and O–H groups in total. The molecule has 1 unspecified atom stereocenters. The molecule has 0 aromatic carbocycles. The molecule has 0 amide bonds. The molecule has 0 fully saturated rings. The Morgan fingerprint density at radius 2 is 2.35 bits per heavy atom. The molecule has 7 nitrogen and oxygen atoms in total. The number of hydrogen-bond acceptors (Lipinski definition) is 6. The molecule has 0 bridgehead atoms. The van der Waals surface area contributed by atoms with Crippen LogP contribution in [0.15, 0.2) is 20.1 Å². The fraction of sp³-hybridized carbons (Fsp3) is 0.286. The Balaban J connectivity index is 2.22. The van der Waals surface area contributed by atoms with E-state index in [1.54, 1.807) is 18.4 Å². The molecule has 2 aromatic rings. The van der Waals surface area contributed by atoms with Crippen LogP contribution < -0.4 is 4.72 Å². The van der Waals surface area contributed by atoms with Crippen LogP contribution in [0.25, 0.3) is 0 Å². The van der Waals surface area contributed by atoms with Gasteiger partial charge >= 0.3 is 0 Å². The largest absolute Gasteiger partial charge is 0.251 e. The second-order valence-electron chi connectivity index (χ2n) is 3.17. The van der Waals surface area contributed by atoms with E-state index in [2.05, 4.69) is 41.3 Å². The second-order valence-corrected chi connectivity index (χ2v) is 6.85. The van der Waals surface area contributed by atoms with Gasteiger partial charge in [-0.05, 0) is 34.3 Å². The van der Waals surface area contributed by atoms with E-state index < -0.39 is 16.1 Å². The van der Waals surface area contributed by atoms with Crippen molar-refractivity contribution in [3.8, 4) is 0 Å². The molecule has 0 aliphatic carbocycles. The van der Waals surface area contributed by atoms with Crippen molar-refractivity contribution in [1.82, 2.24) is 25.3 Å². The smallest absolute Gasteiger partial charge is 0.206 e. The van der Waals surface area contributed by atoms with Crippen molar-refractivity contribution in [2.45, 2.75) is 17.2 Å². The van der Waals surface area contributed by atoms with Gasteiger partial charge in [-0.15, -0.1) is 21.5 Å². The van der Waals surface area contributed by atoms with Crippen LogP contribution in [0.1, 0.15) is 18.8 Å².